The summed E-state index contributed by atoms with van der Waals surface area (Å²) in [6.07, 6.45) is 4.99. The van der Waals surface area contributed by atoms with Gasteiger partial charge in [-0.15, -0.1) is 0 Å². The van der Waals surface area contributed by atoms with Crippen LogP contribution in [0.25, 0.3) is 5.82 Å². The lowest BCUT2D eigenvalue weighted by molar-refractivity contribution is 0.670. The summed E-state index contributed by atoms with van der Waals surface area (Å²) in [4.78, 5) is 4.71. The number of rotatable bonds is 6. The second-order valence-corrected chi connectivity index (χ2v) is 6.44. The van der Waals surface area contributed by atoms with Gasteiger partial charge < -0.3 is 5.32 Å². The van der Waals surface area contributed by atoms with Crippen LogP contribution in [0.15, 0.2) is 24.5 Å². The highest BCUT2D eigenvalue weighted by molar-refractivity contribution is 14.1. The van der Waals surface area contributed by atoms with Crippen LogP contribution in [0.1, 0.15) is 44.4 Å². The Morgan fingerprint density at radius 3 is 2.75 bits per heavy atom. The van der Waals surface area contributed by atoms with Crippen molar-refractivity contribution < 1.29 is 0 Å². The molecule has 0 radical (unpaired) electrons. The van der Waals surface area contributed by atoms with Gasteiger partial charge in [-0.3, -0.25) is 0 Å². The van der Waals surface area contributed by atoms with Crippen molar-refractivity contribution in [3.8, 4) is 5.82 Å². The van der Waals surface area contributed by atoms with Crippen molar-refractivity contribution >= 4 is 22.6 Å². The van der Waals surface area contributed by atoms with Crippen molar-refractivity contribution in [2.45, 2.75) is 39.7 Å². The molecule has 0 amide bonds. The Morgan fingerprint density at radius 2 is 2.15 bits per heavy atom. The van der Waals surface area contributed by atoms with E-state index in [1.165, 1.54) is 5.56 Å². The van der Waals surface area contributed by atoms with E-state index in [-0.39, 0.29) is 0 Å². The van der Waals surface area contributed by atoms with Gasteiger partial charge in [0.1, 0.15) is 0 Å². The van der Waals surface area contributed by atoms with E-state index < -0.39 is 0 Å². The number of aromatic nitrogens is 3. The lowest BCUT2D eigenvalue weighted by atomic mass is 10.1. The van der Waals surface area contributed by atoms with Crippen LogP contribution in [-0.2, 0) is 6.54 Å². The van der Waals surface area contributed by atoms with Gasteiger partial charge in [-0.25, -0.2) is 9.67 Å². The molecule has 0 saturated carbocycles. The minimum Gasteiger partial charge on any atom is -0.313 e. The van der Waals surface area contributed by atoms with Crippen LogP contribution in [0.2, 0.25) is 0 Å². The van der Waals surface area contributed by atoms with Crippen molar-refractivity contribution in [3.63, 3.8) is 0 Å². The third-order valence-electron chi connectivity index (χ3n) is 3.02. The number of nitrogens with one attached hydrogen (secondary N) is 1. The van der Waals surface area contributed by atoms with Gasteiger partial charge in [0.25, 0.3) is 0 Å². The second-order valence-electron chi connectivity index (χ2n) is 5.19. The number of hydrogen-bond acceptors (Lipinski definition) is 3. The Balaban J connectivity index is 2.30. The predicted molar refractivity (Wildman–Crippen MR) is 90.2 cm³/mol. The standard InChI is InChI=1S/C15H21IN4/c1-4-5-17-8-12-6-14(11(2)3)19-15(7-12)20-10-13(16)9-18-20/h6-7,9-11,17H,4-5,8H2,1-3H3. The molecule has 0 saturated heterocycles. The summed E-state index contributed by atoms with van der Waals surface area (Å²) < 4.78 is 2.96. The van der Waals surface area contributed by atoms with Crippen molar-refractivity contribution in [1.29, 1.82) is 0 Å². The van der Waals surface area contributed by atoms with E-state index in [1.807, 2.05) is 17.1 Å². The largest absolute Gasteiger partial charge is 0.313 e. The Hall–Kier alpha value is -0.950. The lowest BCUT2D eigenvalue weighted by Gasteiger charge is -2.11. The van der Waals surface area contributed by atoms with Crippen LogP contribution in [0, 0.1) is 3.57 Å². The zero-order valence-electron chi connectivity index (χ0n) is 12.2. The highest BCUT2D eigenvalue weighted by Crippen LogP contribution is 2.17. The Kier molecular flexibility index (Phi) is 5.54. The van der Waals surface area contributed by atoms with Gasteiger partial charge in [0, 0.05) is 18.4 Å². The highest BCUT2D eigenvalue weighted by Gasteiger charge is 2.08. The zero-order chi connectivity index (χ0) is 14.5. The number of halogens is 1. The third kappa shape index (κ3) is 4.02. The molecule has 2 rings (SSSR count). The Bertz CT molecular complexity index is 563. The minimum absolute atomic E-state index is 0.412. The summed E-state index contributed by atoms with van der Waals surface area (Å²) in [5.74, 6) is 1.31. The molecule has 1 N–H and O–H groups in total. The summed E-state index contributed by atoms with van der Waals surface area (Å²) in [5.41, 5.74) is 2.37. The lowest BCUT2D eigenvalue weighted by Crippen LogP contribution is -2.15. The molecule has 5 heteroatoms. The first-order valence-electron chi connectivity index (χ1n) is 7.02. The van der Waals surface area contributed by atoms with Crippen LogP contribution < -0.4 is 5.32 Å². The maximum absolute atomic E-state index is 4.71. The van der Waals surface area contributed by atoms with E-state index in [1.54, 1.807) is 0 Å². The van der Waals surface area contributed by atoms with E-state index >= 15 is 0 Å². The molecular weight excluding hydrogens is 363 g/mol. The van der Waals surface area contributed by atoms with Gasteiger partial charge in [-0.1, -0.05) is 20.8 Å². The first kappa shape index (κ1) is 15.4. The van der Waals surface area contributed by atoms with Crippen LogP contribution in [0.5, 0.6) is 0 Å². The molecular formula is C15H21IN4. The van der Waals surface area contributed by atoms with E-state index in [4.69, 9.17) is 4.98 Å². The third-order valence-corrected chi connectivity index (χ3v) is 3.58. The highest BCUT2D eigenvalue weighted by atomic mass is 127. The Labute approximate surface area is 134 Å². The van der Waals surface area contributed by atoms with Crippen LogP contribution in [0.3, 0.4) is 0 Å². The number of hydrogen-bond donors (Lipinski definition) is 1. The van der Waals surface area contributed by atoms with Gasteiger partial charge >= 0.3 is 0 Å². The monoisotopic (exact) mass is 384 g/mol. The quantitative estimate of drug-likeness (QED) is 0.613. The maximum Gasteiger partial charge on any atom is 0.153 e. The molecule has 20 heavy (non-hydrogen) atoms. The van der Waals surface area contributed by atoms with E-state index in [0.717, 1.165) is 34.6 Å². The molecule has 0 bridgehead atoms. The van der Waals surface area contributed by atoms with Crippen molar-refractivity contribution in [2.75, 3.05) is 6.54 Å². The molecule has 0 aliphatic heterocycles. The minimum atomic E-state index is 0.412. The molecule has 2 aromatic heterocycles. The molecule has 0 atom stereocenters. The fourth-order valence-electron chi connectivity index (χ4n) is 1.95. The Morgan fingerprint density at radius 1 is 1.35 bits per heavy atom. The van der Waals surface area contributed by atoms with E-state index in [2.05, 4.69) is 65.9 Å². The fraction of sp³-hybridized carbons (Fsp3) is 0.467. The van der Waals surface area contributed by atoms with Crippen molar-refractivity contribution in [1.82, 2.24) is 20.1 Å². The second kappa shape index (κ2) is 7.17. The van der Waals surface area contributed by atoms with Crippen molar-refractivity contribution in [3.05, 3.63) is 39.4 Å². The summed E-state index contributed by atoms with van der Waals surface area (Å²) >= 11 is 2.26. The molecule has 0 spiro atoms. The van der Waals surface area contributed by atoms with Crippen LogP contribution >= 0.6 is 22.6 Å². The van der Waals surface area contributed by atoms with Crippen LogP contribution in [-0.4, -0.2) is 21.3 Å². The molecule has 108 valence electrons. The van der Waals surface area contributed by atoms with Crippen molar-refractivity contribution in [2.24, 2.45) is 0 Å². The summed E-state index contributed by atoms with van der Waals surface area (Å²) in [7, 11) is 0. The average Bonchev–Trinajstić information content (AvgIpc) is 2.85. The molecule has 0 aliphatic rings. The molecule has 4 nitrogen and oxygen atoms in total. The maximum atomic E-state index is 4.71. The summed E-state index contributed by atoms with van der Waals surface area (Å²) in [5, 5.41) is 7.79. The first-order chi connectivity index (χ1) is 9.60. The molecule has 2 aromatic rings. The summed E-state index contributed by atoms with van der Waals surface area (Å²) in [6, 6.07) is 4.29. The molecule has 2 heterocycles. The fourth-order valence-corrected chi connectivity index (χ4v) is 2.33. The van der Waals surface area contributed by atoms with Gasteiger partial charge in [0.2, 0.25) is 0 Å². The van der Waals surface area contributed by atoms with Gasteiger partial charge in [-0.05, 0) is 59.2 Å². The normalized spacial score (nSPS) is 11.2. The molecule has 0 aromatic carbocycles. The SMILES string of the molecule is CCCNCc1cc(C(C)C)nc(-n2cc(I)cn2)c1. The zero-order valence-corrected chi connectivity index (χ0v) is 14.4. The molecule has 0 unspecified atom stereocenters. The predicted octanol–water partition coefficient (Wildman–Crippen LogP) is 3.49. The molecule has 0 aliphatic carbocycles. The summed E-state index contributed by atoms with van der Waals surface area (Å²) in [6.45, 7) is 8.43. The topological polar surface area (TPSA) is 42.7 Å². The smallest absolute Gasteiger partial charge is 0.153 e. The van der Waals surface area contributed by atoms with Gasteiger partial charge in [0.05, 0.1) is 9.77 Å². The number of pyridine rings is 1. The van der Waals surface area contributed by atoms with Crippen LogP contribution in [0.4, 0.5) is 0 Å². The van der Waals surface area contributed by atoms with E-state index in [9.17, 15) is 0 Å². The van der Waals surface area contributed by atoms with E-state index in [0.29, 0.717) is 5.92 Å². The first-order valence-corrected chi connectivity index (χ1v) is 8.10. The van der Waals surface area contributed by atoms with Gasteiger partial charge in [-0.2, -0.15) is 5.10 Å². The molecule has 0 fully saturated rings. The van der Waals surface area contributed by atoms with Gasteiger partial charge in [0.15, 0.2) is 5.82 Å². The number of nitrogens with zero attached hydrogens (tertiary/aromatic N) is 3. The average molecular weight is 384 g/mol.